The summed E-state index contributed by atoms with van der Waals surface area (Å²) in [5, 5.41) is 12.1. The van der Waals surface area contributed by atoms with Crippen LogP contribution in [0.5, 0.6) is 0 Å². The number of hydrogen-bond donors (Lipinski definition) is 3. The number of hydrogen-bond acceptors (Lipinski definition) is 3. The van der Waals surface area contributed by atoms with Gasteiger partial charge in [0.25, 0.3) is 5.91 Å². The van der Waals surface area contributed by atoms with Gasteiger partial charge < -0.3 is 16.2 Å². The predicted molar refractivity (Wildman–Crippen MR) is 61.9 cm³/mol. The number of nitrogens with one attached hydrogen (secondary N) is 1. The number of carbonyl (C=O) groups is 1. The lowest BCUT2D eigenvalue weighted by atomic mass is 10.1. The van der Waals surface area contributed by atoms with Crippen molar-refractivity contribution in [2.45, 2.75) is 18.9 Å². The maximum Gasteiger partial charge on any atom is 0.254 e. The van der Waals surface area contributed by atoms with Gasteiger partial charge in [-0.3, -0.25) is 4.79 Å². The molecule has 0 aromatic heterocycles. The van der Waals surface area contributed by atoms with Crippen LogP contribution in [0.3, 0.4) is 0 Å². The van der Waals surface area contributed by atoms with Gasteiger partial charge >= 0.3 is 0 Å². The van der Waals surface area contributed by atoms with Gasteiger partial charge in [0.2, 0.25) is 0 Å². The Hall–Kier alpha value is -1.62. The zero-order valence-corrected chi connectivity index (χ0v) is 9.32. The quantitative estimate of drug-likeness (QED) is 0.682. The van der Waals surface area contributed by atoms with E-state index in [1.165, 1.54) is 12.1 Å². The first-order valence-electron chi connectivity index (χ1n) is 5.59. The molecule has 5 heteroatoms. The molecular formula is C12H15FN2O2. The van der Waals surface area contributed by atoms with Gasteiger partial charge in [-0.05, 0) is 37.0 Å². The van der Waals surface area contributed by atoms with Gasteiger partial charge in [0.1, 0.15) is 5.82 Å². The van der Waals surface area contributed by atoms with Crippen molar-refractivity contribution in [1.82, 2.24) is 5.32 Å². The van der Waals surface area contributed by atoms with Gasteiger partial charge in [0.05, 0.1) is 11.7 Å². The van der Waals surface area contributed by atoms with Crippen LogP contribution in [0, 0.1) is 11.7 Å². The maximum absolute atomic E-state index is 13.3. The van der Waals surface area contributed by atoms with Gasteiger partial charge in [0, 0.05) is 12.2 Å². The summed E-state index contributed by atoms with van der Waals surface area (Å²) in [5.74, 6) is -0.881. The van der Waals surface area contributed by atoms with Crippen LogP contribution in [-0.2, 0) is 0 Å². The Balaban J connectivity index is 1.96. The Morgan fingerprint density at radius 2 is 2.29 bits per heavy atom. The fourth-order valence-electron chi connectivity index (χ4n) is 1.66. The fraction of sp³-hybridized carbons (Fsp3) is 0.417. The van der Waals surface area contributed by atoms with E-state index in [2.05, 4.69) is 5.32 Å². The molecule has 1 amide bonds. The first kappa shape index (κ1) is 11.9. The summed E-state index contributed by atoms with van der Waals surface area (Å²) in [7, 11) is 0. The highest BCUT2D eigenvalue weighted by Gasteiger charge is 2.29. The minimum absolute atomic E-state index is 0.0898. The predicted octanol–water partition coefficient (Wildman–Crippen LogP) is 0.909. The largest absolute Gasteiger partial charge is 0.399 e. The Morgan fingerprint density at radius 1 is 1.59 bits per heavy atom. The highest BCUT2D eigenvalue weighted by molar-refractivity contribution is 5.95. The van der Waals surface area contributed by atoms with Crippen molar-refractivity contribution in [1.29, 1.82) is 0 Å². The van der Waals surface area contributed by atoms with Crippen molar-refractivity contribution in [2.75, 3.05) is 12.3 Å². The molecule has 1 aliphatic rings. The number of amides is 1. The van der Waals surface area contributed by atoms with Crippen molar-refractivity contribution >= 4 is 11.6 Å². The molecule has 2 rings (SSSR count). The smallest absolute Gasteiger partial charge is 0.254 e. The van der Waals surface area contributed by atoms with Crippen molar-refractivity contribution in [2.24, 2.45) is 5.92 Å². The van der Waals surface area contributed by atoms with Crippen LogP contribution >= 0.6 is 0 Å². The zero-order valence-electron chi connectivity index (χ0n) is 9.32. The number of rotatable bonds is 4. The highest BCUT2D eigenvalue weighted by Crippen LogP contribution is 2.32. The third kappa shape index (κ3) is 2.94. The van der Waals surface area contributed by atoms with Gasteiger partial charge in [-0.15, -0.1) is 0 Å². The lowest BCUT2D eigenvalue weighted by Gasteiger charge is -2.11. The molecule has 1 fully saturated rings. The molecule has 1 aliphatic carbocycles. The number of carbonyl (C=O) groups excluding carboxylic acids is 1. The highest BCUT2D eigenvalue weighted by atomic mass is 19.1. The fourth-order valence-corrected chi connectivity index (χ4v) is 1.66. The molecule has 1 aromatic rings. The van der Waals surface area contributed by atoms with Gasteiger partial charge in [-0.25, -0.2) is 4.39 Å². The van der Waals surface area contributed by atoms with Gasteiger partial charge in [-0.1, -0.05) is 0 Å². The summed E-state index contributed by atoms with van der Waals surface area (Å²) in [4.78, 5) is 11.6. The normalized spacial score (nSPS) is 16.6. The minimum Gasteiger partial charge on any atom is -0.399 e. The van der Waals surface area contributed by atoms with E-state index < -0.39 is 17.8 Å². The van der Waals surface area contributed by atoms with Crippen LogP contribution in [0.4, 0.5) is 10.1 Å². The SMILES string of the molecule is Nc1ccc(F)c(C(=O)NCC(O)C2CC2)c1. The Labute approximate surface area is 98.6 Å². The molecule has 0 saturated heterocycles. The molecule has 1 atom stereocenters. The Bertz CT molecular complexity index is 433. The number of anilines is 1. The zero-order chi connectivity index (χ0) is 12.4. The van der Waals surface area contributed by atoms with Crippen LogP contribution < -0.4 is 11.1 Å². The Kier molecular flexibility index (Phi) is 3.28. The standard InChI is InChI=1S/C12H15FN2O2/c13-10-4-3-8(14)5-9(10)12(17)15-6-11(16)7-1-2-7/h3-5,7,11,16H,1-2,6,14H2,(H,15,17). The molecule has 92 valence electrons. The monoisotopic (exact) mass is 238 g/mol. The van der Waals surface area contributed by atoms with E-state index in [4.69, 9.17) is 5.73 Å². The summed E-state index contributed by atoms with van der Waals surface area (Å²) in [5.41, 5.74) is 5.73. The summed E-state index contributed by atoms with van der Waals surface area (Å²) in [6, 6.07) is 3.83. The third-order valence-electron chi connectivity index (χ3n) is 2.87. The third-order valence-corrected chi connectivity index (χ3v) is 2.87. The molecule has 17 heavy (non-hydrogen) atoms. The number of halogens is 1. The average molecular weight is 238 g/mol. The molecule has 4 nitrogen and oxygen atoms in total. The van der Waals surface area contributed by atoms with Crippen LogP contribution in [0.1, 0.15) is 23.2 Å². The minimum atomic E-state index is -0.613. The van der Waals surface area contributed by atoms with E-state index in [1.807, 2.05) is 0 Å². The van der Waals surface area contributed by atoms with Crippen LogP contribution in [0.25, 0.3) is 0 Å². The second-order valence-corrected chi connectivity index (χ2v) is 4.35. The van der Waals surface area contributed by atoms with Crippen LogP contribution in [0.2, 0.25) is 0 Å². The Morgan fingerprint density at radius 3 is 2.94 bits per heavy atom. The molecule has 0 radical (unpaired) electrons. The first-order chi connectivity index (χ1) is 8.08. The average Bonchev–Trinajstić information content (AvgIpc) is 3.12. The van der Waals surface area contributed by atoms with E-state index in [1.54, 1.807) is 0 Å². The molecule has 4 N–H and O–H groups in total. The molecule has 1 aromatic carbocycles. The van der Waals surface area contributed by atoms with Crippen LogP contribution in [0.15, 0.2) is 18.2 Å². The topological polar surface area (TPSA) is 75.4 Å². The number of aliphatic hydroxyl groups excluding tert-OH is 1. The summed E-state index contributed by atoms with van der Waals surface area (Å²) >= 11 is 0. The molecule has 1 saturated carbocycles. The summed E-state index contributed by atoms with van der Waals surface area (Å²) in [6.07, 6.45) is 1.44. The molecule has 1 unspecified atom stereocenters. The van der Waals surface area contributed by atoms with E-state index >= 15 is 0 Å². The lowest BCUT2D eigenvalue weighted by Crippen LogP contribution is -2.33. The van der Waals surface area contributed by atoms with E-state index in [-0.39, 0.29) is 18.0 Å². The van der Waals surface area contributed by atoms with Gasteiger partial charge in [-0.2, -0.15) is 0 Å². The number of aliphatic hydroxyl groups is 1. The van der Waals surface area contributed by atoms with Crippen LogP contribution in [-0.4, -0.2) is 23.7 Å². The van der Waals surface area contributed by atoms with Crippen molar-refractivity contribution in [3.05, 3.63) is 29.6 Å². The van der Waals surface area contributed by atoms with E-state index in [9.17, 15) is 14.3 Å². The number of nitrogen functional groups attached to an aromatic ring is 1. The number of benzene rings is 1. The lowest BCUT2D eigenvalue weighted by molar-refractivity contribution is 0.0897. The van der Waals surface area contributed by atoms with Gasteiger partial charge in [0.15, 0.2) is 0 Å². The first-order valence-corrected chi connectivity index (χ1v) is 5.59. The number of nitrogens with two attached hydrogens (primary N) is 1. The second kappa shape index (κ2) is 4.71. The molecule has 0 aliphatic heterocycles. The molecule has 0 spiro atoms. The van der Waals surface area contributed by atoms with Crippen molar-refractivity contribution in [3.63, 3.8) is 0 Å². The summed E-state index contributed by atoms with van der Waals surface area (Å²) in [6.45, 7) is 0.151. The van der Waals surface area contributed by atoms with Crippen molar-refractivity contribution in [3.8, 4) is 0 Å². The molecule has 0 heterocycles. The molecular weight excluding hydrogens is 223 g/mol. The second-order valence-electron chi connectivity index (χ2n) is 4.35. The molecule has 0 bridgehead atoms. The van der Waals surface area contributed by atoms with Crippen molar-refractivity contribution < 1.29 is 14.3 Å². The van der Waals surface area contributed by atoms with E-state index in [0.29, 0.717) is 5.69 Å². The van der Waals surface area contributed by atoms with E-state index in [0.717, 1.165) is 18.9 Å². The maximum atomic E-state index is 13.3. The summed E-state index contributed by atoms with van der Waals surface area (Å²) < 4.78 is 13.3.